The van der Waals surface area contributed by atoms with Gasteiger partial charge in [-0.3, -0.25) is 9.69 Å². The minimum Gasteiger partial charge on any atom is -0.359 e. The number of amides is 3. The van der Waals surface area contributed by atoms with Crippen molar-refractivity contribution in [3.8, 4) is 0 Å². The largest absolute Gasteiger partial charge is 0.359 e. The number of urea groups is 1. The number of nitrogens with zero attached hydrogens (tertiary/aromatic N) is 1. The molecule has 1 aliphatic heterocycles. The number of hydrogen-bond donors (Lipinski definition) is 3. The molecule has 0 saturated heterocycles. The third kappa shape index (κ3) is 3.76. The number of aryl methyl sites for hydroxylation is 1. The molecular formula is C24H22ClN3O3. The van der Waals surface area contributed by atoms with Crippen LogP contribution in [-0.2, 0) is 23.5 Å². The molecule has 0 spiro atoms. The Hall–Kier alpha value is -3.35. The highest BCUT2D eigenvalue weighted by atomic mass is 35.5. The second-order valence-electron chi connectivity index (χ2n) is 7.28. The number of rotatable bonds is 5. The third-order valence-corrected chi connectivity index (χ3v) is 5.76. The van der Waals surface area contributed by atoms with E-state index in [4.69, 9.17) is 11.6 Å². The normalized spacial score (nSPS) is 17.6. The minimum atomic E-state index is -2.24. The van der Waals surface area contributed by atoms with Gasteiger partial charge in [-0.1, -0.05) is 67.1 Å². The van der Waals surface area contributed by atoms with E-state index in [0.717, 1.165) is 16.9 Å². The molecule has 3 aromatic carbocycles. The summed E-state index contributed by atoms with van der Waals surface area (Å²) in [5.41, 5.74) is 0.602. The van der Waals surface area contributed by atoms with Crippen LogP contribution in [0.25, 0.3) is 0 Å². The van der Waals surface area contributed by atoms with Crippen LogP contribution in [0, 0.1) is 0 Å². The molecule has 1 atom stereocenters. The second-order valence-corrected chi connectivity index (χ2v) is 7.68. The molecule has 6 nitrogen and oxygen atoms in total. The van der Waals surface area contributed by atoms with Crippen LogP contribution in [0.5, 0.6) is 0 Å². The van der Waals surface area contributed by atoms with Crippen LogP contribution in [0.1, 0.15) is 23.6 Å². The van der Waals surface area contributed by atoms with Crippen molar-refractivity contribution in [1.82, 2.24) is 5.32 Å². The van der Waals surface area contributed by atoms with Crippen LogP contribution in [0.15, 0.2) is 72.8 Å². The summed E-state index contributed by atoms with van der Waals surface area (Å²) in [7, 11) is 0. The molecule has 0 aromatic heterocycles. The lowest BCUT2D eigenvalue weighted by atomic mass is 9.94. The Morgan fingerprint density at radius 2 is 1.74 bits per heavy atom. The summed E-state index contributed by atoms with van der Waals surface area (Å²) in [5.74, 6) is -0.728. The summed E-state index contributed by atoms with van der Waals surface area (Å²) in [4.78, 5) is 27.5. The van der Waals surface area contributed by atoms with Gasteiger partial charge in [0.05, 0.1) is 5.69 Å². The number of fused-ring (bicyclic) bond motifs is 1. The van der Waals surface area contributed by atoms with Gasteiger partial charge < -0.3 is 15.7 Å². The number of carbonyl (C=O) groups excluding carboxylic acids is 2. The zero-order valence-corrected chi connectivity index (χ0v) is 17.7. The molecule has 0 bridgehead atoms. The van der Waals surface area contributed by atoms with Crippen LogP contribution >= 0.6 is 11.6 Å². The summed E-state index contributed by atoms with van der Waals surface area (Å²) >= 11 is 6.20. The van der Waals surface area contributed by atoms with E-state index in [-0.39, 0.29) is 12.1 Å². The van der Waals surface area contributed by atoms with Crippen LogP contribution in [0.4, 0.5) is 16.2 Å². The molecule has 0 unspecified atom stereocenters. The first-order valence-corrected chi connectivity index (χ1v) is 10.4. The minimum absolute atomic E-state index is 0.104. The SMILES string of the molecule is CCc1ccc(N2C(=O)Nc3ccccc3[C@@]2(O)C(=O)NCc2ccccc2Cl)cc1. The molecule has 3 amide bonds. The maximum absolute atomic E-state index is 13.4. The van der Waals surface area contributed by atoms with E-state index in [0.29, 0.717) is 22.0 Å². The summed E-state index contributed by atoms with van der Waals surface area (Å²) < 4.78 is 0. The van der Waals surface area contributed by atoms with Gasteiger partial charge in [0, 0.05) is 22.8 Å². The molecule has 4 rings (SSSR count). The first-order valence-electron chi connectivity index (χ1n) is 9.99. The molecule has 3 N–H and O–H groups in total. The predicted octanol–water partition coefficient (Wildman–Crippen LogP) is 4.42. The molecule has 0 fully saturated rings. The summed E-state index contributed by atoms with van der Waals surface area (Å²) in [6.45, 7) is 2.13. The van der Waals surface area contributed by atoms with Crippen molar-refractivity contribution in [1.29, 1.82) is 0 Å². The third-order valence-electron chi connectivity index (χ3n) is 5.39. The number of aliphatic hydroxyl groups is 1. The van der Waals surface area contributed by atoms with Crippen molar-refractivity contribution in [3.63, 3.8) is 0 Å². The number of hydrogen-bond acceptors (Lipinski definition) is 3. The fraction of sp³-hybridized carbons (Fsp3) is 0.167. The van der Waals surface area contributed by atoms with E-state index < -0.39 is 17.7 Å². The van der Waals surface area contributed by atoms with E-state index in [9.17, 15) is 14.7 Å². The average molecular weight is 436 g/mol. The van der Waals surface area contributed by atoms with Crippen molar-refractivity contribution in [2.24, 2.45) is 0 Å². The Bertz CT molecular complexity index is 1130. The van der Waals surface area contributed by atoms with Crippen molar-refractivity contribution in [2.75, 3.05) is 10.2 Å². The highest BCUT2D eigenvalue weighted by Gasteiger charge is 2.51. The van der Waals surface area contributed by atoms with Gasteiger partial charge in [-0.25, -0.2) is 4.79 Å². The van der Waals surface area contributed by atoms with E-state index >= 15 is 0 Å². The van der Waals surface area contributed by atoms with E-state index in [2.05, 4.69) is 10.6 Å². The van der Waals surface area contributed by atoms with Crippen LogP contribution in [-0.4, -0.2) is 17.0 Å². The molecule has 7 heteroatoms. The molecule has 1 aliphatic rings. The van der Waals surface area contributed by atoms with E-state index in [1.165, 1.54) is 0 Å². The number of benzene rings is 3. The first kappa shape index (κ1) is 20.9. The van der Waals surface area contributed by atoms with Crippen molar-refractivity contribution in [3.05, 3.63) is 94.5 Å². The first-order chi connectivity index (χ1) is 14.9. The highest BCUT2D eigenvalue weighted by Crippen LogP contribution is 2.39. The number of halogens is 1. The Labute approximate surface area is 185 Å². The van der Waals surface area contributed by atoms with Crippen LogP contribution in [0.2, 0.25) is 5.02 Å². The smallest absolute Gasteiger partial charge is 0.329 e. The van der Waals surface area contributed by atoms with Gasteiger partial charge in [-0.2, -0.15) is 0 Å². The molecule has 1 heterocycles. The van der Waals surface area contributed by atoms with Gasteiger partial charge in [0.25, 0.3) is 11.6 Å². The van der Waals surface area contributed by atoms with Crippen molar-refractivity contribution < 1.29 is 14.7 Å². The van der Waals surface area contributed by atoms with Crippen molar-refractivity contribution >= 4 is 34.9 Å². The standard InChI is InChI=1S/C24H22ClN3O3/c1-2-16-11-13-18(14-12-16)28-23(30)27-21-10-6-4-8-19(21)24(28,31)22(29)26-15-17-7-3-5-9-20(17)25/h3-14,31H,2,15H2,1H3,(H,26,29)(H,27,30)/t24-/m1/s1. The topological polar surface area (TPSA) is 81.7 Å². The molecule has 158 valence electrons. The van der Waals surface area contributed by atoms with Crippen molar-refractivity contribution in [2.45, 2.75) is 25.6 Å². The van der Waals surface area contributed by atoms with Gasteiger partial charge in [0.2, 0.25) is 0 Å². The summed E-state index contributed by atoms with van der Waals surface area (Å²) in [5, 5.41) is 17.8. The molecular weight excluding hydrogens is 414 g/mol. The molecule has 3 aromatic rings. The van der Waals surface area contributed by atoms with Gasteiger partial charge in [0.1, 0.15) is 0 Å². The number of carbonyl (C=O) groups is 2. The molecule has 0 aliphatic carbocycles. The van der Waals surface area contributed by atoms with E-state index in [1.807, 2.05) is 25.1 Å². The maximum Gasteiger partial charge on any atom is 0.329 e. The lowest BCUT2D eigenvalue weighted by Gasteiger charge is -2.42. The Morgan fingerprint density at radius 3 is 2.45 bits per heavy atom. The Morgan fingerprint density at radius 1 is 1.06 bits per heavy atom. The predicted molar refractivity (Wildman–Crippen MR) is 121 cm³/mol. The van der Waals surface area contributed by atoms with E-state index in [1.54, 1.807) is 54.6 Å². The number of anilines is 2. The number of nitrogens with one attached hydrogen (secondary N) is 2. The van der Waals surface area contributed by atoms with Crippen LogP contribution in [0.3, 0.4) is 0 Å². The average Bonchev–Trinajstić information content (AvgIpc) is 2.78. The zero-order valence-electron chi connectivity index (χ0n) is 16.9. The van der Waals surface area contributed by atoms with Gasteiger partial charge in [-0.15, -0.1) is 0 Å². The zero-order chi connectivity index (χ0) is 22.0. The fourth-order valence-electron chi connectivity index (χ4n) is 3.68. The highest BCUT2D eigenvalue weighted by molar-refractivity contribution is 6.31. The van der Waals surface area contributed by atoms with Gasteiger partial charge in [-0.05, 0) is 41.8 Å². The van der Waals surface area contributed by atoms with Gasteiger partial charge in [0.15, 0.2) is 0 Å². The molecule has 31 heavy (non-hydrogen) atoms. The van der Waals surface area contributed by atoms with Crippen LogP contribution < -0.4 is 15.5 Å². The second kappa shape index (κ2) is 8.41. The summed E-state index contributed by atoms with van der Waals surface area (Å²) in [6, 6.07) is 20.4. The lowest BCUT2D eigenvalue weighted by Crippen LogP contribution is -2.62. The maximum atomic E-state index is 13.4. The Kier molecular flexibility index (Phi) is 5.67. The fourth-order valence-corrected chi connectivity index (χ4v) is 3.89. The quantitative estimate of drug-likeness (QED) is 0.555. The molecule has 0 radical (unpaired) electrons. The monoisotopic (exact) mass is 435 g/mol. The summed E-state index contributed by atoms with van der Waals surface area (Å²) in [6.07, 6.45) is 0.831. The Balaban J connectivity index is 1.75. The number of para-hydroxylation sites is 1. The van der Waals surface area contributed by atoms with Gasteiger partial charge >= 0.3 is 6.03 Å². The molecule has 0 saturated carbocycles. The lowest BCUT2D eigenvalue weighted by molar-refractivity contribution is -0.140.